The number of hydrogen-bond donors (Lipinski definition) is 3. The van der Waals surface area contributed by atoms with Gasteiger partial charge in [-0.3, -0.25) is 0 Å². The molecule has 5 nitrogen and oxygen atoms in total. The molecule has 0 fully saturated rings. The van der Waals surface area contributed by atoms with Crippen molar-refractivity contribution in [1.29, 1.82) is 5.26 Å². The lowest BCUT2D eigenvalue weighted by Gasteiger charge is -2.09. The van der Waals surface area contributed by atoms with Crippen molar-refractivity contribution in [1.82, 2.24) is 10.6 Å². The molecule has 6 heteroatoms. The molecule has 2 aromatic rings. The Hall–Kier alpha value is -3.07. The molecule has 0 bridgehead atoms. The molecule has 0 atom stereocenters. The fourth-order valence-electron chi connectivity index (χ4n) is 2.05. The van der Waals surface area contributed by atoms with Crippen LogP contribution in [0.25, 0.3) is 0 Å². The molecule has 118 valence electrons. The van der Waals surface area contributed by atoms with Crippen LogP contribution in [0.5, 0.6) is 5.75 Å². The fraction of sp³-hybridized carbons (Fsp3) is 0.176. The topological polar surface area (TPSA) is 85.2 Å². The lowest BCUT2D eigenvalue weighted by Crippen LogP contribution is -2.36. The zero-order chi connectivity index (χ0) is 16.7. The van der Waals surface area contributed by atoms with Gasteiger partial charge in [0.05, 0.1) is 11.6 Å². The lowest BCUT2D eigenvalue weighted by atomic mass is 10.1. The van der Waals surface area contributed by atoms with Crippen LogP contribution < -0.4 is 10.6 Å². The number of amides is 2. The average molecular weight is 313 g/mol. The number of carbonyl (C=O) groups excluding carboxylic acids is 1. The number of nitriles is 1. The lowest BCUT2D eigenvalue weighted by molar-refractivity contribution is 0.240. The number of nitrogens with zero attached hydrogens (tertiary/aromatic N) is 1. The van der Waals surface area contributed by atoms with Crippen LogP contribution in [0.15, 0.2) is 42.5 Å². The Morgan fingerprint density at radius 1 is 1.22 bits per heavy atom. The highest BCUT2D eigenvalue weighted by Crippen LogP contribution is 2.11. The second-order valence-electron chi connectivity index (χ2n) is 4.95. The van der Waals surface area contributed by atoms with Crippen LogP contribution in [0.4, 0.5) is 9.18 Å². The Morgan fingerprint density at radius 3 is 2.78 bits per heavy atom. The second kappa shape index (κ2) is 7.80. The van der Waals surface area contributed by atoms with E-state index in [0.29, 0.717) is 18.5 Å². The standard InChI is InChI=1S/C17H16FN3O2/c18-16-5-4-13(10-19)8-14(16)11-21-17(23)20-7-6-12-2-1-3-15(22)9-12/h1-5,8-9,22H,6-7,11H2,(H2,20,21,23). The first-order valence-electron chi connectivity index (χ1n) is 7.06. The van der Waals surface area contributed by atoms with Crippen LogP contribution in [0, 0.1) is 17.1 Å². The Labute approximate surface area is 133 Å². The van der Waals surface area contributed by atoms with Gasteiger partial charge in [0.1, 0.15) is 11.6 Å². The zero-order valence-corrected chi connectivity index (χ0v) is 12.3. The van der Waals surface area contributed by atoms with E-state index in [2.05, 4.69) is 10.6 Å². The van der Waals surface area contributed by atoms with Gasteiger partial charge in [0.15, 0.2) is 0 Å². The van der Waals surface area contributed by atoms with Gasteiger partial charge >= 0.3 is 6.03 Å². The van der Waals surface area contributed by atoms with E-state index >= 15 is 0 Å². The van der Waals surface area contributed by atoms with Crippen LogP contribution in [-0.4, -0.2) is 17.7 Å². The van der Waals surface area contributed by atoms with E-state index in [-0.39, 0.29) is 17.9 Å². The van der Waals surface area contributed by atoms with Crippen molar-refractivity contribution in [2.45, 2.75) is 13.0 Å². The average Bonchev–Trinajstić information content (AvgIpc) is 2.54. The zero-order valence-electron chi connectivity index (χ0n) is 12.3. The first kappa shape index (κ1) is 16.3. The van der Waals surface area contributed by atoms with Crippen molar-refractivity contribution < 1.29 is 14.3 Å². The van der Waals surface area contributed by atoms with Gasteiger partial charge in [-0.15, -0.1) is 0 Å². The van der Waals surface area contributed by atoms with Crippen LogP contribution in [0.3, 0.4) is 0 Å². The summed E-state index contributed by atoms with van der Waals surface area (Å²) in [5.74, 6) is -0.288. The maximum Gasteiger partial charge on any atom is 0.315 e. The minimum atomic E-state index is -0.468. The van der Waals surface area contributed by atoms with Crippen LogP contribution in [-0.2, 0) is 13.0 Å². The summed E-state index contributed by atoms with van der Waals surface area (Å²) < 4.78 is 13.6. The molecular formula is C17H16FN3O2. The first-order chi connectivity index (χ1) is 11.1. The van der Waals surface area contributed by atoms with E-state index in [1.807, 2.05) is 12.1 Å². The molecule has 0 saturated heterocycles. The van der Waals surface area contributed by atoms with Gasteiger partial charge < -0.3 is 15.7 Å². The molecule has 0 heterocycles. The second-order valence-corrected chi connectivity index (χ2v) is 4.95. The highest BCUT2D eigenvalue weighted by Gasteiger charge is 2.06. The van der Waals surface area contributed by atoms with Gasteiger partial charge in [0, 0.05) is 18.7 Å². The highest BCUT2D eigenvalue weighted by atomic mass is 19.1. The summed E-state index contributed by atoms with van der Waals surface area (Å²) in [4.78, 5) is 11.7. The summed E-state index contributed by atoms with van der Waals surface area (Å²) >= 11 is 0. The van der Waals surface area contributed by atoms with Crippen LogP contribution in [0.1, 0.15) is 16.7 Å². The Morgan fingerprint density at radius 2 is 2.04 bits per heavy atom. The number of hydrogen-bond acceptors (Lipinski definition) is 3. The Kier molecular flexibility index (Phi) is 5.53. The highest BCUT2D eigenvalue weighted by molar-refractivity contribution is 5.73. The van der Waals surface area contributed by atoms with E-state index in [1.54, 1.807) is 18.2 Å². The number of rotatable bonds is 5. The quantitative estimate of drug-likeness (QED) is 0.792. The third kappa shape index (κ3) is 5.00. The number of phenolic OH excluding ortho intramolecular Hbond substituents is 1. The summed E-state index contributed by atoms with van der Waals surface area (Å²) in [6.45, 7) is 0.384. The number of aromatic hydroxyl groups is 1. The molecular weight excluding hydrogens is 297 g/mol. The SMILES string of the molecule is N#Cc1ccc(F)c(CNC(=O)NCCc2cccc(O)c2)c1. The van der Waals surface area contributed by atoms with Crippen molar-refractivity contribution in [3.8, 4) is 11.8 Å². The minimum Gasteiger partial charge on any atom is -0.508 e. The van der Waals surface area contributed by atoms with E-state index in [1.165, 1.54) is 18.2 Å². The maximum absolute atomic E-state index is 13.6. The summed E-state index contributed by atoms with van der Waals surface area (Å²) in [5, 5.41) is 23.3. The number of urea groups is 1. The largest absolute Gasteiger partial charge is 0.508 e. The molecule has 0 aromatic heterocycles. The van der Waals surface area contributed by atoms with Crippen molar-refractivity contribution in [2.24, 2.45) is 0 Å². The summed E-state index contributed by atoms with van der Waals surface area (Å²) in [7, 11) is 0. The van der Waals surface area contributed by atoms with Crippen molar-refractivity contribution in [3.05, 3.63) is 65.0 Å². The first-order valence-corrected chi connectivity index (χ1v) is 7.06. The summed E-state index contributed by atoms with van der Waals surface area (Å²) in [5.41, 5.74) is 1.50. The van der Waals surface area contributed by atoms with Gasteiger partial charge in [0.2, 0.25) is 0 Å². The molecule has 0 unspecified atom stereocenters. The Bertz CT molecular complexity index is 741. The third-order valence-corrected chi connectivity index (χ3v) is 3.22. The van der Waals surface area contributed by atoms with E-state index in [0.717, 1.165) is 5.56 Å². The molecule has 0 radical (unpaired) electrons. The predicted octanol–water partition coefficient (Wildman–Crippen LogP) is 2.44. The van der Waals surface area contributed by atoms with Gasteiger partial charge in [0.25, 0.3) is 0 Å². The van der Waals surface area contributed by atoms with Gasteiger partial charge in [-0.25, -0.2) is 9.18 Å². The predicted molar refractivity (Wildman–Crippen MR) is 83.2 cm³/mol. The molecule has 23 heavy (non-hydrogen) atoms. The van der Waals surface area contributed by atoms with Crippen molar-refractivity contribution in [3.63, 3.8) is 0 Å². The van der Waals surface area contributed by atoms with Gasteiger partial charge in [-0.05, 0) is 42.3 Å². The summed E-state index contributed by atoms with van der Waals surface area (Å²) in [6.07, 6.45) is 0.570. The molecule has 0 saturated carbocycles. The molecule has 0 aliphatic carbocycles. The van der Waals surface area contributed by atoms with Crippen molar-refractivity contribution in [2.75, 3.05) is 6.54 Å². The normalized spacial score (nSPS) is 9.91. The van der Waals surface area contributed by atoms with E-state index < -0.39 is 11.8 Å². The van der Waals surface area contributed by atoms with E-state index in [4.69, 9.17) is 5.26 Å². The van der Waals surface area contributed by atoms with Gasteiger partial charge in [-0.2, -0.15) is 5.26 Å². The molecule has 0 aliphatic rings. The van der Waals surface area contributed by atoms with Crippen LogP contribution in [0.2, 0.25) is 0 Å². The number of phenols is 1. The van der Waals surface area contributed by atoms with Gasteiger partial charge in [-0.1, -0.05) is 12.1 Å². The summed E-state index contributed by atoms with van der Waals surface area (Å²) in [6, 6.07) is 12.3. The molecule has 2 aromatic carbocycles. The molecule has 0 aliphatic heterocycles. The number of benzene rings is 2. The Balaban J connectivity index is 1.78. The molecule has 2 amide bonds. The maximum atomic E-state index is 13.6. The molecule has 2 rings (SSSR count). The van der Waals surface area contributed by atoms with Crippen LogP contribution >= 0.6 is 0 Å². The monoisotopic (exact) mass is 313 g/mol. The minimum absolute atomic E-state index is 0.000683. The number of nitrogens with one attached hydrogen (secondary N) is 2. The van der Waals surface area contributed by atoms with Crippen molar-refractivity contribution >= 4 is 6.03 Å². The third-order valence-electron chi connectivity index (χ3n) is 3.22. The molecule has 0 spiro atoms. The smallest absolute Gasteiger partial charge is 0.315 e. The van der Waals surface area contributed by atoms with E-state index in [9.17, 15) is 14.3 Å². The number of halogens is 1. The molecule has 3 N–H and O–H groups in total. The number of carbonyl (C=O) groups is 1. The fourth-order valence-corrected chi connectivity index (χ4v) is 2.05.